The Morgan fingerprint density at radius 1 is 1.30 bits per heavy atom. The maximum Gasteiger partial charge on any atom is 0.191 e. The highest BCUT2D eigenvalue weighted by molar-refractivity contribution is 6.32. The van der Waals surface area contributed by atoms with Gasteiger partial charge in [-0.15, -0.1) is 0 Å². The van der Waals surface area contributed by atoms with E-state index in [-0.39, 0.29) is 0 Å². The molecular weight excluding hydrogens is 314 g/mol. The Morgan fingerprint density at radius 2 is 2.04 bits per heavy atom. The summed E-state index contributed by atoms with van der Waals surface area (Å²) in [6, 6.07) is 3.90. The van der Waals surface area contributed by atoms with E-state index >= 15 is 0 Å². The Balaban J connectivity index is 1.58. The molecule has 0 atom stereocenters. The van der Waals surface area contributed by atoms with E-state index in [1.807, 2.05) is 12.1 Å². The van der Waals surface area contributed by atoms with Gasteiger partial charge in [-0.2, -0.15) is 0 Å². The van der Waals surface area contributed by atoms with Crippen LogP contribution < -0.4 is 15.2 Å². The first-order chi connectivity index (χ1) is 11.1. The van der Waals surface area contributed by atoms with Crippen LogP contribution in [-0.4, -0.2) is 43.7 Å². The van der Waals surface area contributed by atoms with Crippen molar-refractivity contribution in [2.45, 2.75) is 26.2 Å². The van der Waals surface area contributed by atoms with Crippen molar-refractivity contribution in [3.63, 3.8) is 0 Å². The first-order valence-electron chi connectivity index (χ1n) is 8.26. The normalized spacial score (nSPS) is 19.0. The van der Waals surface area contributed by atoms with Crippen molar-refractivity contribution in [3.05, 3.63) is 22.7 Å². The Bertz CT molecular complexity index is 583. The van der Waals surface area contributed by atoms with Crippen molar-refractivity contribution < 1.29 is 9.47 Å². The Morgan fingerprint density at radius 3 is 2.83 bits per heavy atom. The van der Waals surface area contributed by atoms with Gasteiger partial charge >= 0.3 is 0 Å². The second-order valence-electron chi connectivity index (χ2n) is 6.26. The van der Waals surface area contributed by atoms with Crippen LogP contribution in [0, 0.1) is 5.92 Å². The van der Waals surface area contributed by atoms with Crippen molar-refractivity contribution in [2.24, 2.45) is 16.6 Å². The van der Waals surface area contributed by atoms with E-state index in [1.54, 1.807) is 0 Å². The fourth-order valence-corrected chi connectivity index (χ4v) is 3.23. The second-order valence-corrected chi connectivity index (χ2v) is 6.67. The molecule has 2 N–H and O–H groups in total. The van der Waals surface area contributed by atoms with Gasteiger partial charge in [0, 0.05) is 19.6 Å². The molecule has 23 heavy (non-hydrogen) atoms. The number of aliphatic imine (C=N–C) groups is 1. The summed E-state index contributed by atoms with van der Waals surface area (Å²) in [5.74, 6) is 2.81. The van der Waals surface area contributed by atoms with E-state index in [4.69, 9.17) is 26.8 Å². The van der Waals surface area contributed by atoms with Crippen molar-refractivity contribution >= 4 is 17.6 Å². The maximum atomic E-state index is 6.25. The van der Waals surface area contributed by atoms with E-state index in [2.05, 4.69) is 16.8 Å². The number of fused-ring (bicyclic) bond motifs is 1. The summed E-state index contributed by atoms with van der Waals surface area (Å²) in [6.45, 7) is 6.05. The van der Waals surface area contributed by atoms with Gasteiger partial charge in [-0.3, -0.25) is 4.99 Å². The maximum absolute atomic E-state index is 6.25. The Labute approximate surface area is 142 Å². The monoisotopic (exact) mass is 337 g/mol. The largest absolute Gasteiger partial charge is 0.486 e. The van der Waals surface area contributed by atoms with Gasteiger partial charge in [-0.05, 0) is 42.9 Å². The van der Waals surface area contributed by atoms with E-state index in [9.17, 15) is 0 Å². The fraction of sp³-hybridized carbons (Fsp3) is 0.588. The van der Waals surface area contributed by atoms with Crippen LogP contribution in [0.5, 0.6) is 11.5 Å². The molecule has 2 heterocycles. The third kappa shape index (κ3) is 4.02. The minimum atomic E-state index is 0.543. The third-order valence-electron chi connectivity index (χ3n) is 4.44. The molecule has 1 saturated heterocycles. The molecule has 0 radical (unpaired) electrons. The summed E-state index contributed by atoms with van der Waals surface area (Å²) in [5.41, 5.74) is 7.19. The standard InChI is InChI=1S/C17H24ClN3O2/c1-12-3-6-21(7-4-12)17(19)20-5-2-13-10-14(18)16-15(11-13)22-8-9-23-16/h10-12H,2-9H2,1H3,(H2,19,20). The average Bonchev–Trinajstić information content (AvgIpc) is 2.55. The van der Waals surface area contributed by atoms with Gasteiger partial charge in [0.1, 0.15) is 13.2 Å². The molecule has 0 bridgehead atoms. The summed E-state index contributed by atoms with van der Waals surface area (Å²) < 4.78 is 11.1. The lowest BCUT2D eigenvalue weighted by Gasteiger charge is -2.31. The number of halogens is 1. The lowest BCUT2D eigenvalue weighted by molar-refractivity contribution is 0.171. The number of hydrogen-bond donors (Lipinski definition) is 1. The molecule has 2 aliphatic heterocycles. The van der Waals surface area contributed by atoms with Crippen molar-refractivity contribution in [1.29, 1.82) is 0 Å². The zero-order chi connectivity index (χ0) is 16.2. The van der Waals surface area contributed by atoms with E-state index in [0.717, 1.165) is 36.7 Å². The number of likely N-dealkylation sites (tertiary alicyclic amines) is 1. The van der Waals surface area contributed by atoms with Crippen LogP contribution >= 0.6 is 11.6 Å². The molecule has 0 aliphatic carbocycles. The molecule has 0 spiro atoms. The second kappa shape index (κ2) is 7.30. The summed E-state index contributed by atoms with van der Waals surface area (Å²) in [4.78, 5) is 6.69. The fourth-order valence-electron chi connectivity index (χ4n) is 2.95. The quantitative estimate of drug-likeness (QED) is 0.680. The summed E-state index contributed by atoms with van der Waals surface area (Å²) in [5, 5.41) is 0.596. The molecule has 0 saturated carbocycles. The van der Waals surface area contributed by atoms with Gasteiger partial charge in [0.15, 0.2) is 17.5 Å². The van der Waals surface area contributed by atoms with Gasteiger partial charge in [0.25, 0.3) is 0 Å². The van der Waals surface area contributed by atoms with Gasteiger partial charge in [-0.25, -0.2) is 0 Å². The minimum Gasteiger partial charge on any atom is -0.486 e. The Kier molecular flexibility index (Phi) is 5.16. The van der Waals surface area contributed by atoms with Crippen molar-refractivity contribution in [2.75, 3.05) is 32.8 Å². The molecule has 1 aromatic rings. The molecule has 0 unspecified atom stereocenters. The summed E-state index contributed by atoms with van der Waals surface area (Å²) in [6.07, 6.45) is 3.16. The van der Waals surface area contributed by atoms with Crippen LogP contribution in [-0.2, 0) is 6.42 Å². The molecule has 0 aromatic heterocycles. The molecule has 3 rings (SSSR count). The van der Waals surface area contributed by atoms with Crippen LogP contribution in [0.2, 0.25) is 5.02 Å². The zero-order valence-electron chi connectivity index (χ0n) is 13.6. The number of ether oxygens (including phenoxy) is 2. The lowest BCUT2D eigenvalue weighted by Crippen LogP contribution is -2.42. The molecule has 1 aromatic carbocycles. The van der Waals surface area contributed by atoms with Crippen LogP contribution in [0.3, 0.4) is 0 Å². The highest BCUT2D eigenvalue weighted by atomic mass is 35.5. The molecule has 6 heteroatoms. The van der Waals surface area contributed by atoms with Gasteiger partial charge in [-0.1, -0.05) is 18.5 Å². The summed E-state index contributed by atoms with van der Waals surface area (Å²) in [7, 11) is 0. The number of guanidine groups is 1. The van der Waals surface area contributed by atoms with Crippen molar-refractivity contribution in [3.8, 4) is 11.5 Å². The highest BCUT2D eigenvalue weighted by Crippen LogP contribution is 2.38. The van der Waals surface area contributed by atoms with Gasteiger partial charge in [0.05, 0.1) is 5.02 Å². The van der Waals surface area contributed by atoms with Crippen LogP contribution in [0.1, 0.15) is 25.3 Å². The van der Waals surface area contributed by atoms with Crippen LogP contribution in [0.15, 0.2) is 17.1 Å². The predicted molar refractivity (Wildman–Crippen MR) is 92.6 cm³/mol. The SMILES string of the molecule is CC1CCN(C(N)=NCCc2cc(Cl)c3c(c2)OCCO3)CC1. The van der Waals surface area contributed by atoms with Gasteiger partial charge < -0.3 is 20.1 Å². The number of rotatable bonds is 3. The first-order valence-corrected chi connectivity index (χ1v) is 8.64. The molecule has 2 aliphatic rings. The van der Waals surface area contributed by atoms with E-state index < -0.39 is 0 Å². The molecule has 5 nitrogen and oxygen atoms in total. The van der Waals surface area contributed by atoms with E-state index in [0.29, 0.717) is 36.5 Å². The number of hydrogen-bond acceptors (Lipinski definition) is 3. The smallest absolute Gasteiger partial charge is 0.191 e. The third-order valence-corrected chi connectivity index (χ3v) is 4.72. The average molecular weight is 338 g/mol. The zero-order valence-corrected chi connectivity index (χ0v) is 14.3. The molecule has 126 valence electrons. The Hall–Kier alpha value is -1.62. The van der Waals surface area contributed by atoms with Crippen molar-refractivity contribution in [1.82, 2.24) is 4.90 Å². The van der Waals surface area contributed by atoms with Crippen LogP contribution in [0.4, 0.5) is 0 Å². The number of nitrogens with zero attached hydrogens (tertiary/aromatic N) is 2. The minimum absolute atomic E-state index is 0.543. The van der Waals surface area contributed by atoms with Gasteiger partial charge in [0.2, 0.25) is 0 Å². The first kappa shape index (κ1) is 16.2. The van der Waals surface area contributed by atoms with Crippen LogP contribution in [0.25, 0.3) is 0 Å². The van der Waals surface area contributed by atoms with E-state index in [1.165, 1.54) is 12.8 Å². The highest BCUT2D eigenvalue weighted by Gasteiger charge is 2.18. The number of piperidine rings is 1. The predicted octanol–water partition coefficient (Wildman–Crippen LogP) is 2.70. The molecular formula is C17H24ClN3O2. The number of benzene rings is 1. The molecule has 1 fully saturated rings. The summed E-state index contributed by atoms with van der Waals surface area (Å²) >= 11 is 6.25. The topological polar surface area (TPSA) is 60.1 Å². The number of nitrogens with two attached hydrogens (primary N) is 1. The lowest BCUT2D eigenvalue weighted by atomic mass is 10.00. The molecule has 0 amide bonds.